The van der Waals surface area contributed by atoms with Crippen LogP contribution in [0.1, 0.15) is 34.6 Å². The summed E-state index contributed by atoms with van der Waals surface area (Å²) < 4.78 is 74.3. The van der Waals surface area contributed by atoms with Crippen LogP contribution in [-0.4, -0.2) is 36.8 Å². The quantitative estimate of drug-likeness (QED) is 0.532. The minimum Gasteiger partial charge on any atom is -0.483 e. The lowest BCUT2D eigenvalue weighted by atomic mass is 10.0. The Morgan fingerprint density at radius 2 is 1.70 bits per heavy atom. The van der Waals surface area contributed by atoms with Crippen molar-refractivity contribution in [2.24, 2.45) is 0 Å². The van der Waals surface area contributed by atoms with Crippen molar-refractivity contribution < 1.29 is 41.0 Å². The van der Waals surface area contributed by atoms with Crippen LogP contribution < -0.4 is 10.1 Å². The first-order valence-electron chi connectivity index (χ1n) is 8.47. The Bertz CT molecular complexity index is 883. The van der Waals surface area contributed by atoms with E-state index >= 15 is 0 Å². The van der Waals surface area contributed by atoms with Crippen LogP contribution in [-0.2, 0) is 15.5 Å². The van der Waals surface area contributed by atoms with Gasteiger partial charge in [-0.15, -0.1) is 0 Å². The molecule has 1 unspecified atom stereocenters. The van der Waals surface area contributed by atoms with Crippen LogP contribution in [0.5, 0.6) is 5.75 Å². The third-order valence-electron chi connectivity index (χ3n) is 3.91. The van der Waals surface area contributed by atoms with E-state index in [1.807, 2.05) is 0 Å². The average Bonchev–Trinajstić information content (AvgIpc) is 2.71. The fourth-order valence-corrected chi connectivity index (χ4v) is 2.32. The van der Waals surface area contributed by atoms with Gasteiger partial charge in [0.2, 0.25) is 0 Å². The fraction of sp³-hybridized carbons (Fsp3) is 0.316. The third kappa shape index (κ3) is 5.88. The van der Waals surface area contributed by atoms with Gasteiger partial charge >= 0.3 is 18.1 Å². The van der Waals surface area contributed by atoms with E-state index in [2.05, 4.69) is 19.8 Å². The molecule has 0 saturated carbocycles. The van der Waals surface area contributed by atoms with Crippen molar-refractivity contribution in [3.63, 3.8) is 0 Å². The topological polar surface area (TPSA) is 77.5 Å². The number of esters is 1. The maximum absolute atomic E-state index is 14.4. The second-order valence-electron chi connectivity index (χ2n) is 6.16. The van der Waals surface area contributed by atoms with Crippen LogP contribution in [0, 0.1) is 0 Å². The molecule has 30 heavy (non-hydrogen) atoms. The summed E-state index contributed by atoms with van der Waals surface area (Å²) in [6.45, 7) is -0.117. The van der Waals surface area contributed by atoms with Crippen LogP contribution in [0.2, 0.25) is 0 Å². The van der Waals surface area contributed by atoms with Gasteiger partial charge in [-0.2, -0.15) is 22.0 Å². The van der Waals surface area contributed by atoms with Crippen LogP contribution in [0.15, 0.2) is 42.6 Å². The lowest BCUT2D eigenvalue weighted by Crippen LogP contribution is -2.39. The van der Waals surface area contributed by atoms with E-state index in [0.717, 1.165) is 37.6 Å². The van der Waals surface area contributed by atoms with Crippen molar-refractivity contribution in [1.82, 2.24) is 10.3 Å². The molecule has 0 bridgehead atoms. The summed E-state index contributed by atoms with van der Waals surface area (Å²) in [4.78, 5) is 27.3. The van der Waals surface area contributed by atoms with Crippen LogP contribution >= 0.6 is 0 Å². The summed E-state index contributed by atoms with van der Waals surface area (Å²) in [5, 5.41) is 2.10. The van der Waals surface area contributed by atoms with E-state index in [4.69, 9.17) is 0 Å². The van der Waals surface area contributed by atoms with Gasteiger partial charge < -0.3 is 14.8 Å². The van der Waals surface area contributed by atoms with Gasteiger partial charge in [-0.3, -0.25) is 9.78 Å². The summed E-state index contributed by atoms with van der Waals surface area (Å²) >= 11 is 0. The van der Waals surface area contributed by atoms with Gasteiger partial charge in [0, 0.05) is 5.56 Å². The van der Waals surface area contributed by atoms with Crippen molar-refractivity contribution in [1.29, 1.82) is 0 Å². The first-order chi connectivity index (χ1) is 13.9. The first kappa shape index (κ1) is 23.0. The molecular weight excluding hydrogens is 415 g/mol. The number of alkyl halides is 5. The van der Waals surface area contributed by atoms with E-state index < -0.39 is 42.2 Å². The van der Waals surface area contributed by atoms with E-state index in [1.54, 1.807) is 0 Å². The largest absolute Gasteiger partial charge is 0.483 e. The molecule has 0 aliphatic heterocycles. The highest BCUT2D eigenvalue weighted by atomic mass is 19.4. The zero-order valence-electron chi connectivity index (χ0n) is 15.8. The van der Waals surface area contributed by atoms with Gasteiger partial charge in [0.25, 0.3) is 5.91 Å². The number of carbonyl (C=O) groups is 2. The molecule has 0 radical (unpaired) electrons. The van der Waals surface area contributed by atoms with Crippen molar-refractivity contribution in [2.45, 2.75) is 25.1 Å². The average molecular weight is 432 g/mol. The zero-order chi connectivity index (χ0) is 22.5. The maximum atomic E-state index is 14.4. The number of benzene rings is 1. The number of pyridine rings is 1. The lowest BCUT2D eigenvalue weighted by Gasteiger charge is -2.20. The van der Waals surface area contributed by atoms with Crippen molar-refractivity contribution in [3.05, 3.63) is 59.4 Å². The monoisotopic (exact) mass is 432 g/mol. The Morgan fingerprint density at radius 1 is 1.07 bits per heavy atom. The molecule has 1 atom stereocenters. The molecule has 2 aromatic rings. The molecule has 1 aromatic heterocycles. The molecule has 0 aliphatic rings. The van der Waals surface area contributed by atoms with Crippen LogP contribution in [0.3, 0.4) is 0 Å². The van der Waals surface area contributed by atoms with Crippen LogP contribution in [0.25, 0.3) is 0 Å². The molecule has 0 saturated heterocycles. The van der Waals surface area contributed by atoms with Gasteiger partial charge in [0.05, 0.1) is 30.6 Å². The maximum Gasteiger partial charge on any atom is 0.422 e. The van der Waals surface area contributed by atoms with Gasteiger partial charge in [0.15, 0.2) is 6.61 Å². The Labute approximate surface area is 168 Å². The Hall–Kier alpha value is -3.24. The molecule has 0 spiro atoms. The lowest BCUT2D eigenvalue weighted by molar-refractivity contribution is -0.153. The van der Waals surface area contributed by atoms with E-state index in [1.165, 1.54) is 19.1 Å². The number of carbonyl (C=O) groups excluding carboxylic acids is 2. The molecule has 11 heteroatoms. The number of methoxy groups -OCH3 is 1. The predicted molar refractivity (Wildman–Crippen MR) is 94.0 cm³/mol. The van der Waals surface area contributed by atoms with E-state index in [-0.39, 0.29) is 17.0 Å². The molecule has 1 amide bonds. The van der Waals surface area contributed by atoms with Crippen molar-refractivity contribution in [3.8, 4) is 5.75 Å². The zero-order valence-corrected chi connectivity index (χ0v) is 15.8. The normalized spacial score (nSPS) is 12.8. The second-order valence-corrected chi connectivity index (χ2v) is 6.16. The Balaban J connectivity index is 2.04. The number of nitrogens with zero attached hydrogens (tertiary/aromatic N) is 1. The van der Waals surface area contributed by atoms with Gasteiger partial charge in [-0.25, -0.2) is 4.79 Å². The highest BCUT2D eigenvalue weighted by molar-refractivity contribution is 5.90. The van der Waals surface area contributed by atoms with Gasteiger partial charge in [0.1, 0.15) is 5.75 Å². The molecular formula is C19H17F5N2O4. The number of hydrogen-bond acceptors (Lipinski definition) is 5. The molecule has 6 nitrogen and oxygen atoms in total. The molecule has 2 rings (SSSR count). The van der Waals surface area contributed by atoms with Gasteiger partial charge in [-0.05, 0) is 31.2 Å². The summed E-state index contributed by atoms with van der Waals surface area (Å²) in [5.74, 6) is -6.39. The van der Waals surface area contributed by atoms with Crippen molar-refractivity contribution in [2.75, 3.05) is 13.7 Å². The summed E-state index contributed by atoms with van der Waals surface area (Å²) in [6.07, 6.45) is -3.52. The molecule has 0 fully saturated rings. The van der Waals surface area contributed by atoms with Crippen LogP contribution in [0.4, 0.5) is 22.0 Å². The molecule has 0 aliphatic carbocycles. The molecule has 1 heterocycles. The number of halogens is 5. The summed E-state index contributed by atoms with van der Waals surface area (Å²) in [7, 11) is 1.14. The number of amides is 1. The number of hydrogen-bond donors (Lipinski definition) is 1. The fourth-order valence-electron chi connectivity index (χ4n) is 2.32. The molecule has 1 aromatic carbocycles. The Kier molecular flexibility index (Phi) is 6.96. The summed E-state index contributed by atoms with van der Waals surface area (Å²) in [6, 6.07) is 5.54. The smallest absolute Gasteiger partial charge is 0.422 e. The minimum absolute atomic E-state index is 0.0443. The standard InChI is InChI=1S/C19H17F5N2O4/c1-11(15-8-7-14(9-25-15)30-10-18(20,21)22)26-17(28)19(23,24)13-5-3-12(4-6-13)16(27)29-2/h3-9,11H,10H2,1-2H3,(H,26,28). The first-order valence-corrected chi connectivity index (χ1v) is 8.47. The van der Waals surface area contributed by atoms with E-state index in [9.17, 15) is 31.5 Å². The number of nitrogens with one attached hydrogen (secondary N) is 1. The summed E-state index contributed by atoms with van der Waals surface area (Å²) in [5.41, 5.74) is -0.453. The number of rotatable bonds is 7. The predicted octanol–water partition coefficient (Wildman–Crippen LogP) is 3.78. The van der Waals surface area contributed by atoms with E-state index in [0.29, 0.717) is 0 Å². The highest BCUT2D eigenvalue weighted by Gasteiger charge is 2.41. The van der Waals surface area contributed by atoms with Gasteiger partial charge in [-0.1, -0.05) is 12.1 Å². The molecule has 162 valence electrons. The SMILES string of the molecule is COC(=O)c1ccc(C(F)(F)C(=O)NC(C)c2ccc(OCC(F)(F)F)cn2)cc1. The third-order valence-corrected chi connectivity index (χ3v) is 3.91. The highest BCUT2D eigenvalue weighted by Crippen LogP contribution is 2.29. The number of aromatic nitrogens is 1. The van der Waals surface area contributed by atoms with Crippen molar-refractivity contribution >= 4 is 11.9 Å². The Morgan fingerprint density at radius 3 is 2.20 bits per heavy atom. The minimum atomic E-state index is -4.51. The number of ether oxygens (including phenoxy) is 2. The second kappa shape index (κ2) is 9.06. The molecule has 1 N–H and O–H groups in total.